The lowest BCUT2D eigenvalue weighted by Gasteiger charge is -2.27. The van der Waals surface area contributed by atoms with Gasteiger partial charge in [0.2, 0.25) is 5.91 Å². The van der Waals surface area contributed by atoms with E-state index < -0.39 is 0 Å². The average molecular weight is 377 g/mol. The van der Waals surface area contributed by atoms with Crippen LogP contribution in [0.4, 0.5) is 0 Å². The summed E-state index contributed by atoms with van der Waals surface area (Å²) in [5.74, 6) is 0.441. The molecule has 28 heavy (non-hydrogen) atoms. The SMILES string of the molecule is Cc1ccccc1C1=NO[C@H](CN(Cc2ccccc2)C(=O)C2CCCC2)C1. The fourth-order valence-electron chi connectivity index (χ4n) is 4.30. The number of hydrogen-bond donors (Lipinski definition) is 0. The minimum atomic E-state index is -0.0799. The van der Waals surface area contributed by atoms with Gasteiger partial charge in [0.15, 0.2) is 6.10 Å². The molecule has 2 aromatic rings. The van der Waals surface area contributed by atoms with E-state index in [-0.39, 0.29) is 17.9 Å². The van der Waals surface area contributed by atoms with Crippen LogP contribution in [0, 0.1) is 12.8 Å². The Morgan fingerprint density at radius 3 is 2.54 bits per heavy atom. The Labute approximate surface area is 167 Å². The highest BCUT2D eigenvalue weighted by atomic mass is 16.6. The molecule has 0 bridgehead atoms. The van der Waals surface area contributed by atoms with Crippen LogP contribution in [0.3, 0.4) is 0 Å². The number of hydrogen-bond acceptors (Lipinski definition) is 3. The normalized spacial score (nSPS) is 19.3. The van der Waals surface area contributed by atoms with Gasteiger partial charge in [-0.2, -0.15) is 0 Å². The monoisotopic (exact) mass is 376 g/mol. The minimum Gasteiger partial charge on any atom is -0.390 e. The zero-order valence-electron chi connectivity index (χ0n) is 16.5. The van der Waals surface area contributed by atoms with Gasteiger partial charge in [0.25, 0.3) is 0 Å². The van der Waals surface area contributed by atoms with Gasteiger partial charge in [-0.05, 0) is 30.9 Å². The molecule has 4 nitrogen and oxygen atoms in total. The summed E-state index contributed by atoms with van der Waals surface area (Å²) in [5, 5.41) is 4.34. The van der Waals surface area contributed by atoms with E-state index >= 15 is 0 Å². The highest BCUT2D eigenvalue weighted by Gasteiger charge is 2.31. The lowest BCUT2D eigenvalue weighted by Crippen LogP contribution is -2.40. The molecule has 1 heterocycles. The molecule has 1 fully saturated rings. The standard InChI is InChI=1S/C24H28N2O2/c1-18-9-5-8-14-22(18)23-15-21(28-25-23)17-26(16-19-10-3-2-4-11-19)24(27)20-12-6-7-13-20/h2-5,8-11,14,20-21H,6-7,12-13,15-17H2,1H3/t21-/m0/s1. The van der Waals surface area contributed by atoms with E-state index in [2.05, 4.69) is 36.3 Å². The average Bonchev–Trinajstić information content (AvgIpc) is 3.40. The zero-order valence-corrected chi connectivity index (χ0v) is 16.5. The maximum absolute atomic E-state index is 13.2. The Hall–Kier alpha value is -2.62. The fraction of sp³-hybridized carbons (Fsp3) is 0.417. The van der Waals surface area contributed by atoms with Crippen molar-refractivity contribution in [2.75, 3.05) is 6.54 Å². The van der Waals surface area contributed by atoms with Gasteiger partial charge in [0.05, 0.1) is 12.3 Å². The van der Waals surface area contributed by atoms with Crippen LogP contribution in [0.1, 0.15) is 48.8 Å². The summed E-state index contributed by atoms with van der Waals surface area (Å²) in [4.78, 5) is 20.9. The van der Waals surface area contributed by atoms with Gasteiger partial charge in [0.1, 0.15) is 0 Å². The lowest BCUT2D eigenvalue weighted by molar-refractivity contribution is -0.137. The van der Waals surface area contributed by atoms with E-state index in [1.54, 1.807) is 0 Å². The van der Waals surface area contributed by atoms with Gasteiger partial charge in [-0.3, -0.25) is 4.79 Å². The third kappa shape index (κ3) is 4.27. The number of nitrogens with zero attached hydrogens (tertiary/aromatic N) is 2. The van der Waals surface area contributed by atoms with Crippen molar-refractivity contribution in [1.29, 1.82) is 0 Å². The molecule has 0 N–H and O–H groups in total. The Bertz CT molecular complexity index is 841. The Balaban J connectivity index is 1.45. The molecule has 0 spiro atoms. The Morgan fingerprint density at radius 2 is 1.79 bits per heavy atom. The van der Waals surface area contributed by atoms with Gasteiger partial charge in [-0.15, -0.1) is 0 Å². The lowest BCUT2D eigenvalue weighted by atomic mass is 9.99. The first-order chi connectivity index (χ1) is 13.7. The zero-order chi connectivity index (χ0) is 19.3. The number of benzene rings is 2. The highest BCUT2D eigenvalue weighted by Crippen LogP contribution is 2.28. The maximum atomic E-state index is 13.2. The second-order valence-corrected chi connectivity index (χ2v) is 7.97. The number of rotatable bonds is 6. The third-order valence-corrected chi connectivity index (χ3v) is 5.85. The van der Waals surface area contributed by atoms with Gasteiger partial charge in [-0.1, -0.05) is 72.6 Å². The van der Waals surface area contributed by atoms with Crippen LogP contribution in [0.15, 0.2) is 59.8 Å². The molecule has 2 aliphatic rings. The molecule has 1 atom stereocenters. The van der Waals surface area contributed by atoms with Crippen molar-refractivity contribution in [2.24, 2.45) is 11.1 Å². The Kier molecular flexibility index (Phi) is 5.75. The van der Waals surface area contributed by atoms with E-state index in [9.17, 15) is 4.79 Å². The molecule has 0 aromatic heterocycles. The summed E-state index contributed by atoms with van der Waals surface area (Å²) in [5.41, 5.74) is 4.48. The van der Waals surface area contributed by atoms with E-state index in [1.165, 1.54) is 5.56 Å². The molecule has 0 unspecified atom stereocenters. The van der Waals surface area contributed by atoms with Crippen LogP contribution >= 0.6 is 0 Å². The smallest absolute Gasteiger partial charge is 0.226 e. The van der Waals surface area contributed by atoms with Crippen molar-refractivity contribution in [1.82, 2.24) is 4.90 Å². The first-order valence-electron chi connectivity index (χ1n) is 10.3. The molecule has 0 saturated heterocycles. The van der Waals surface area contributed by atoms with E-state index in [0.29, 0.717) is 13.1 Å². The van der Waals surface area contributed by atoms with Crippen LogP contribution in [-0.2, 0) is 16.2 Å². The predicted molar refractivity (Wildman–Crippen MR) is 111 cm³/mol. The molecular formula is C24H28N2O2. The molecule has 4 heteroatoms. The van der Waals surface area contributed by atoms with Gasteiger partial charge < -0.3 is 9.74 Å². The van der Waals surface area contributed by atoms with E-state index in [0.717, 1.165) is 48.9 Å². The maximum Gasteiger partial charge on any atom is 0.226 e. The molecular weight excluding hydrogens is 348 g/mol. The quantitative estimate of drug-likeness (QED) is 0.733. The molecule has 1 aliphatic heterocycles. The second kappa shape index (κ2) is 8.59. The molecule has 4 rings (SSSR count). The Morgan fingerprint density at radius 1 is 1.07 bits per heavy atom. The minimum absolute atomic E-state index is 0.0799. The van der Waals surface area contributed by atoms with Crippen molar-refractivity contribution >= 4 is 11.6 Å². The first kappa shape index (κ1) is 18.7. The van der Waals surface area contributed by atoms with Crippen molar-refractivity contribution in [3.63, 3.8) is 0 Å². The number of oxime groups is 1. The fourth-order valence-corrected chi connectivity index (χ4v) is 4.30. The van der Waals surface area contributed by atoms with Gasteiger partial charge in [0, 0.05) is 24.4 Å². The number of aryl methyl sites for hydroxylation is 1. The van der Waals surface area contributed by atoms with Gasteiger partial charge in [-0.25, -0.2) is 0 Å². The molecule has 1 aliphatic carbocycles. The van der Waals surface area contributed by atoms with Crippen molar-refractivity contribution < 1.29 is 9.63 Å². The largest absolute Gasteiger partial charge is 0.390 e. The van der Waals surface area contributed by atoms with Gasteiger partial charge >= 0.3 is 0 Å². The second-order valence-electron chi connectivity index (χ2n) is 7.97. The van der Waals surface area contributed by atoms with Crippen LogP contribution in [0.5, 0.6) is 0 Å². The van der Waals surface area contributed by atoms with Crippen LogP contribution in [0.2, 0.25) is 0 Å². The molecule has 2 aromatic carbocycles. The number of carbonyl (C=O) groups is 1. The predicted octanol–water partition coefficient (Wildman–Crippen LogP) is 4.71. The van der Waals surface area contributed by atoms with Crippen molar-refractivity contribution in [3.05, 3.63) is 71.3 Å². The molecule has 146 valence electrons. The topological polar surface area (TPSA) is 41.9 Å². The van der Waals surface area contributed by atoms with Crippen LogP contribution in [0.25, 0.3) is 0 Å². The third-order valence-electron chi connectivity index (χ3n) is 5.85. The van der Waals surface area contributed by atoms with E-state index in [1.807, 2.05) is 35.2 Å². The molecule has 1 amide bonds. The molecule has 1 saturated carbocycles. The molecule has 0 radical (unpaired) electrons. The highest BCUT2D eigenvalue weighted by molar-refractivity contribution is 6.02. The van der Waals surface area contributed by atoms with Crippen LogP contribution in [-0.4, -0.2) is 29.2 Å². The summed E-state index contributed by atoms with van der Waals surface area (Å²) in [7, 11) is 0. The first-order valence-corrected chi connectivity index (χ1v) is 10.3. The van der Waals surface area contributed by atoms with Crippen molar-refractivity contribution in [2.45, 2.75) is 51.7 Å². The van der Waals surface area contributed by atoms with Crippen LogP contribution < -0.4 is 0 Å². The van der Waals surface area contributed by atoms with Crippen molar-refractivity contribution in [3.8, 4) is 0 Å². The number of amides is 1. The summed E-state index contributed by atoms with van der Waals surface area (Å²) in [6.07, 6.45) is 5.02. The summed E-state index contributed by atoms with van der Waals surface area (Å²) < 4.78 is 0. The summed E-state index contributed by atoms with van der Waals surface area (Å²) in [6.45, 7) is 3.31. The summed E-state index contributed by atoms with van der Waals surface area (Å²) >= 11 is 0. The number of carbonyl (C=O) groups excluding carboxylic acids is 1. The summed E-state index contributed by atoms with van der Waals surface area (Å²) in [6, 6.07) is 18.5. The van der Waals surface area contributed by atoms with E-state index in [4.69, 9.17) is 4.84 Å².